The van der Waals surface area contributed by atoms with Crippen LogP contribution < -0.4 is 5.43 Å². The number of halogens is 2. The molecule has 0 fully saturated rings. The second kappa shape index (κ2) is 6.21. The summed E-state index contributed by atoms with van der Waals surface area (Å²) in [7, 11) is 1.93. The first kappa shape index (κ1) is 15.6. The quantitative estimate of drug-likeness (QED) is 0.420. The first-order valence-corrected chi connectivity index (χ1v) is 8.25. The Morgan fingerprint density at radius 2 is 2.04 bits per heavy atom. The second-order valence-electron chi connectivity index (χ2n) is 5.43. The van der Waals surface area contributed by atoms with Gasteiger partial charge in [-0.3, -0.25) is 0 Å². The Bertz CT molecular complexity index is 1120. The molecule has 0 saturated carbocycles. The highest BCUT2D eigenvalue weighted by Crippen LogP contribution is 2.24. The average molecular weight is 399 g/mol. The Morgan fingerprint density at radius 1 is 1.20 bits per heavy atom. The molecule has 0 aliphatic rings. The van der Waals surface area contributed by atoms with E-state index in [2.05, 4.69) is 41.6 Å². The molecule has 8 heteroatoms. The summed E-state index contributed by atoms with van der Waals surface area (Å²) in [6.07, 6.45) is 1.55. The van der Waals surface area contributed by atoms with Crippen molar-refractivity contribution in [2.24, 2.45) is 12.1 Å². The van der Waals surface area contributed by atoms with E-state index in [0.717, 1.165) is 27.6 Å². The molecule has 2 aromatic carbocycles. The largest absolute Gasteiger partial charge is 0.327 e. The summed E-state index contributed by atoms with van der Waals surface area (Å²) in [5.41, 5.74) is 5.99. The number of para-hydroxylation sites is 1. The van der Waals surface area contributed by atoms with Gasteiger partial charge in [-0.1, -0.05) is 24.3 Å². The van der Waals surface area contributed by atoms with Crippen LogP contribution in [0.15, 0.2) is 52.0 Å². The molecule has 4 aromatic rings. The van der Waals surface area contributed by atoms with E-state index in [1.54, 1.807) is 18.3 Å². The molecule has 4 rings (SSSR count). The van der Waals surface area contributed by atoms with Gasteiger partial charge in [0, 0.05) is 12.4 Å². The SMILES string of the molecule is Cn1c2ccccc2c2nnc(N/N=C/c3ccc(F)c(Br)c3)nc21. The van der Waals surface area contributed by atoms with Gasteiger partial charge in [0.1, 0.15) is 11.3 Å². The first-order valence-electron chi connectivity index (χ1n) is 7.45. The summed E-state index contributed by atoms with van der Waals surface area (Å²) < 4.78 is 15.6. The molecular weight excluding hydrogens is 387 g/mol. The molecule has 1 N–H and O–H groups in total. The van der Waals surface area contributed by atoms with Crippen molar-refractivity contribution in [1.29, 1.82) is 0 Å². The van der Waals surface area contributed by atoms with Gasteiger partial charge in [-0.05, 0) is 39.7 Å². The zero-order valence-corrected chi connectivity index (χ0v) is 14.7. The third-order valence-electron chi connectivity index (χ3n) is 3.83. The van der Waals surface area contributed by atoms with Crippen LogP contribution in [0.2, 0.25) is 0 Å². The molecule has 2 heterocycles. The van der Waals surface area contributed by atoms with Gasteiger partial charge < -0.3 is 4.57 Å². The maximum absolute atomic E-state index is 13.2. The molecule has 0 atom stereocenters. The number of aryl methyl sites for hydroxylation is 1. The van der Waals surface area contributed by atoms with Gasteiger partial charge in [0.15, 0.2) is 5.65 Å². The van der Waals surface area contributed by atoms with E-state index in [1.165, 1.54) is 6.07 Å². The number of benzene rings is 2. The first-order chi connectivity index (χ1) is 12.1. The van der Waals surface area contributed by atoms with Gasteiger partial charge >= 0.3 is 0 Å². The molecule has 0 amide bonds. The Hall–Kier alpha value is -2.87. The Kier molecular flexibility index (Phi) is 3.89. The number of hydrogen-bond acceptors (Lipinski definition) is 5. The van der Waals surface area contributed by atoms with Gasteiger partial charge in [-0.15, -0.1) is 10.2 Å². The molecule has 6 nitrogen and oxygen atoms in total. The minimum absolute atomic E-state index is 0.288. The minimum Gasteiger partial charge on any atom is -0.327 e. The molecule has 0 aliphatic heterocycles. The van der Waals surface area contributed by atoms with Crippen LogP contribution >= 0.6 is 15.9 Å². The lowest BCUT2D eigenvalue weighted by Gasteiger charge is -2.00. The minimum atomic E-state index is -0.320. The fourth-order valence-corrected chi connectivity index (χ4v) is 3.01. The third-order valence-corrected chi connectivity index (χ3v) is 4.44. The highest BCUT2D eigenvalue weighted by atomic mass is 79.9. The van der Waals surface area contributed by atoms with E-state index >= 15 is 0 Å². The van der Waals surface area contributed by atoms with Gasteiger partial charge in [0.05, 0.1) is 16.2 Å². The summed E-state index contributed by atoms with van der Waals surface area (Å²) in [4.78, 5) is 4.47. The van der Waals surface area contributed by atoms with Crippen molar-refractivity contribution in [1.82, 2.24) is 19.7 Å². The number of rotatable bonds is 3. The number of nitrogens with one attached hydrogen (secondary N) is 1. The molecule has 2 aromatic heterocycles. The Balaban J connectivity index is 1.63. The predicted octanol–water partition coefficient (Wildman–Crippen LogP) is 3.86. The van der Waals surface area contributed by atoms with E-state index in [-0.39, 0.29) is 11.8 Å². The summed E-state index contributed by atoms with van der Waals surface area (Å²) in [5, 5.41) is 13.4. The maximum atomic E-state index is 13.2. The summed E-state index contributed by atoms with van der Waals surface area (Å²) in [6.45, 7) is 0. The standard InChI is InChI=1S/C17H12BrFN6/c1-25-14-5-3-2-4-11(14)15-16(25)21-17(24-22-15)23-20-9-10-6-7-13(19)12(18)8-10/h2-9H,1H3,(H,21,23,24)/b20-9+. The average Bonchev–Trinajstić information content (AvgIpc) is 2.91. The molecule has 0 spiro atoms. The van der Waals surface area contributed by atoms with Crippen LogP contribution in [0.4, 0.5) is 10.3 Å². The maximum Gasteiger partial charge on any atom is 0.265 e. The van der Waals surface area contributed by atoms with Crippen LogP contribution in [0.25, 0.3) is 22.1 Å². The zero-order valence-electron chi connectivity index (χ0n) is 13.1. The van der Waals surface area contributed by atoms with E-state index in [0.29, 0.717) is 4.47 Å². The fourth-order valence-electron chi connectivity index (χ4n) is 2.61. The molecule has 25 heavy (non-hydrogen) atoms. The van der Waals surface area contributed by atoms with Gasteiger partial charge in [-0.2, -0.15) is 10.1 Å². The van der Waals surface area contributed by atoms with Crippen molar-refractivity contribution in [2.45, 2.75) is 0 Å². The molecule has 0 unspecified atom stereocenters. The van der Waals surface area contributed by atoms with Crippen LogP contribution in [0, 0.1) is 5.82 Å². The predicted molar refractivity (Wildman–Crippen MR) is 99.1 cm³/mol. The smallest absolute Gasteiger partial charge is 0.265 e. The third kappa shape index (κ3) is 2.85. The van der Waals surface area contributed by atoms with Crippen molar-refractivity contribution in [2.75, 3.05) is 5.43 Å². The van der Waals surface area contributed by atoms with Crippen LogP contribution in [0.3, 0.4) is 0 Å². The molecule has 124 valence electrons. The lowest BCUT2D eigenvalue weighted by molar-refractivity contribution is 0.621. The van der Waals surface area contributed by atoms with E-state index in [9.17, 15) is 4.39 Å². The number of aromatic nitrogens is 4. The lowest BCUT2D eigenvalue weighted by atomic mass is 10.2. The van der Waals surface area contributed by atoms with E-state index < -0.39 is 0 Å². The molecule has 0 saturated heterocycles. The van der Waals surface area contributed by atoms with Gasteiger partial charge in [-0.25, -0.2) is 9.82 Å². The zero-order chi connectivity index (χ0) is 17.4. The molecular formula is C17H12BrFN6. The van der Waals surface area contributed by atoms with Crippen LogP contribution in [-0.2, 0) is 7.05 Å². The summed E-state index contributed by atoms with van der Waals surface area (Å²) >= 11 is 3.14. The summed E-state index contributed by atoms with van der Waals surface area (Å²) in [6, 6.07) is 12.6. The summed E-state index contributed by atoms with van der Waals surface area (Å²) in [5.74, 6) is -0.0327. The molecule has 0 radical (unpaired) electrons. The van der Waals surface area contributed by atoms with Crippen molar-refractivity contribution in [3.63, 3.8) is 0 Å². The van der Waals surface area contributed by atoms with Crippen LogP contribution in [0.1, 0.15) is 5.56 Å². The van der Waals surface area contributed by atoms with Crippen molar-refractivity contribution in [3.8, 4) is 0 Å². The van der Waals surface area contributed by atoms with Crippen molar-refractivity contribution in [3.05, 3.63) is 58.3 Å². The fraction of sp³-hybridized carbons (Fsp3) is 0.0588. The number of hydrogen-bond donors (Lipinski definition) is 1. The van der Waals surface area contributed by atoms with E-state index in [4.69, 9.17) is 0 Å². The number of hydrazone groups is 1. The monoisotopic (exact) mass is 398 g/mol. The number of fused-ring (bicyclic) bond motifs is 3. The van der Waals surface area contributed by atoms with Crippen LogP contribution in [0.5, 0.6) is 0 Å². The van der Waals surface area contributed by atoms with Crippen molar-refractivity contribution >= 4 is 50.2 Å². The lowest BCUT2D eigenvalue weighted by Crippen LogP contribution is -2.00. The van der Waals surface area contributed by atoms with Crippen molar-refractivity contribution < 1.29 is 4.39 Å². The van der Waals surface area contributed by atoms with E-state index in [1.807, 2.05) is 35.9 Å². The Morgan fingerprint density at radius 3 is 2.88 bits per heavy atom. The van der Waals surface area contributed by atoms with Gasteiger partial charge in [0.25, 0.3) is 5.95 Å². The normalized spacial score (nSPS) is 11.6. The molecule has 0 aliphatic carbocycles. The number of nitrogens with zero attached hydrogens (tertiary/aromatic N) is 5. The Labute approximate surface area is 150 Å². The highest BCUT2D eigenvalue weighted by Gasteiger charge is 2.11. The van der Waals surface area contributed by atoms with Crippen LogP contribution in [-0.4, -0.2) is 26.0 Å². The highest BCUT2D eigenvalue weighted by molar-refractivity contribution is 9.10. The molecule has 0 bridgehead atoms. The number of anilines is 1. The van der Waals surface area contributed by atoms with Gasteiger partial charge in [0.2, 0.25) is 0 Å². The topological polar surface area (TPSA) is 68.0 Å². The second-order valence-corrected chi connectivity index (χ2v) is 6.28.